The maximum absolute atomic E-state index is 13.0. The van der Waals surface area contributed by atoms with Gasteiger partial charge >= 0.3 is 12.1 Å². The molecule has 0 radical (unpaired) electrons. The topological polar surface area (TPSA) is 67.7 Å². The van der Waals surface area contributed by atoms with Crippen LogP contribution >= 0.6 is 11.6 Å². The van der Waals surface area contributed by atoms with Crippen molar-refractivity contribution in [2.24, 2.45) is 10.4 Å². The average molecular weight is 493 g/mol. The molecule has 180 valence electrons. The molecule has 4 rings (SSSR count). The molecule has 0 N–H and O–H groups in total. The smallest absolute Gasteiger partial charge is 0.416 e. The van der Waals surface area contributed by atoms with Gasteiger partial charge in [-0.25, -0.2) is 4.98 Å². The van der Waals surface area contributed by atoms with Crippen LogP contribution in [-0.4, -0.2) is 48.5 Å². The van der Waals surface area contributed by atoms with Gasteiger partial charge in [0.1, 0.15) is 5.82 Å². The van der Waals surface area contributed by atoms with E-state index in [1.165, 1.54) is 19.4 Å². The Morgan fingerprint density at radius 3 is 2.50 bits per heavy atom. The highest BCUT2D eigenvalue weighted by Gasteiger charge is 2.38. The van der Waals surface area contributed by atoms with Crippen LogP contribution in [0.5, 0.6) is 0 Å². The summed E-state index contributed by atoms with van der Waals surface area (Å²) in [5.74, 6) is 0.395. The number of methoxy groups -OCH3 is 1. The van der Waals surface area contributed by atoms with Gasteiger partial charge in [0.15, 0.2) is 0 Å². The number of aliphatic imine (C=N–C) groups is 1. The predicted molar refractivity (Wildman–Crippen MR) is 125 cm³/mol. The number of alkyl halides is 3. The molecular weight excluding hydrogens is 469 g/mol. The first-order chi connectivity index (χ1) is 16.1. The highest BCUT2D eigenvalue weighted by Crippen LogP contribution is 2.33. The number of hydrogen-bond acceptors (Lipinski definition) is 6. The van der Waals surface area contributed by atoms with E-state index in [-0.39, 0.29) is 12.4 Å². The van der Waals surface area contributed by atoms with E-state index < -0.39 is 17.2 Å². The lowest BCUT2D eigenvalue weighted by Gasteiger charge is -2.37. The van der Waals surface area contributed by atoms with Crippen LogP contribution in [0, 0.1) is 5.41 Å². The van der Waals surface area contributed by atoms with Gasteiger partial charge in [-0.05, 0) is 37.8 Å². The van der Waals surface area contributed by atoms with E-state index in [1.807, 2.05) is 11.8 Å². The van der Waals surface area contributed by atoms with Crippen LogP contribution in [0.2, 0.25) is 0 Å². The molecule has 0 atom stereocenters. The Bertz CT molecular complexity index is 1240. The third kappa shape index (κ3) is 4.80. The normalized spacial score (nSPS) is 23.4. The van der Waals surface area contributed by atoms with Gasteiger partial charge in [-0.3, -0.25) is 14.8 Å². The molecule has 1 fully saturated rings. The van der Waals surface area contributed by atoms with E-state index in [2.05, 4.69) is 9.98 Å². The molecule has 10 heteroatoms. The SMILES string of the molecule is COC(=O)C1(C)CCN(c2cnc(=C3C=CC(C(F)(F)F)=CC3)c(=C3CC=NC=C3Cl)n2)CC1. The van der Waals surface area contributed by atoms with Gasteiger partial charge in [0.05, 0.1) is 40.0 Å². The summed E-state index contributed by atoms with van der Waals surface area (Å²) >= 11 is 6.43. The van der Waals surface area contributed by atoms with Gasteiger partial charge in [-0.15, -0.1) is 0 Å². The van der Waals surface area contributed by atoms with Crippen LogP contribution in [0.3, 0.4) is 0 Å². The van der Waals surface area contributed by atoms with Crippen molar-refractivity contribution in [3.63, 3.8) is 0 Å². The molecule has 3 heterocycles. The second-order valence-electron chi connectivity index (χ2n) is 8.68. The number of carbonyl (C=O) groups excluding carboxylic acids is 1. The molecule has 3 aliphatic rings. The van der Waals surface area contributed by atoms with Crippen molar-refractivity contribution in [2.45, 2.75) is 38.8 Å². The van der Waals surface area contributed by atoms with Crippen molar-refractivity contribution in [3.05, 3.63) is 51.9 Å². The molecule has 0 saturated carbocycles. The predicted octanol–water partition coefficient (Wildman–Crippen LogP) is 3.56. The molecule has 1 aromatic heterocycles. The van der Waals surface area contributed by atoms with Crippen LogP contribution in [0.4, 0.5) is 19.0 Å². The molecule has 1 aliphatic carbocycles. The lowest BCUT2D eigenvalue weighted by atomic mass is 9.80. The Morgan fingerprint density at radius 1 is 1.18 bits per heavy atom. The molecule has 0 spiro atoms. The van der Waals surface area contributed by atoms with Crippen molar-refractivity contribution in [3.8, 4) is 0 Å². The zero-order chi connectivity index (χ0) is 24.5. The number of aromatic nitrogens is 2. The van der Waals surface area contributed by atoms with Crippen LogP contribution in [0.1, 0.15) is 32.6 Å². The zero-order valence-electron chi connectivity index (χ0n) is 18.8. The minimum Gasteiger partial charge on any atom is -0.469 e. The second-order valence-corrected chi connectivity index (χ2v) is 9.08. The molecule has 0 aromatic carbocycles. The lowest BCUT2D eigenvalue weighted by Crippen LogP contribution is -2.45. The van der Waals surface area contributed by atoms with E-state index in [4.69, 9.17) is 21.3 Å². The number of piperidine rings is 1. The monoisotopic (exact) mass is 492 g/mol. The van der Waals surface area contributed by atoms with Gasteiger partial charge < -0.3 is 9.64 Å². The molecular formula is C24H24ClF3N4O2. The van der Waals surface area contributed by atoms with E-state index in [0.717, 1.165) is 12.2 Å². The number of ether oxygens (including phenoxy) is 1. The van der Waals surface area contributed by atoms with Crippen molar-refractivity contribution in [1.82, 2.24) is 9.97 Å². The summed E-state index contributed by atoms with van der Waals surface area (Å²) in [4.78, 5) is 27.7. The summed E-state index contributed by atoms with van der Waals surface area (Å²) in [6.45, 7) is 3.08. The first-order valence-corrected chi connectivity index (χ1v) is 11.3. The summed E-state index contributed by atoms with van der Waals surface area (Å²) in [5.41, 5.74) is 0.106. The van der Waals surface area contributed by atoms with Gasteiger partial charge in [0, 0.05) is 37.5 Å². The minimum absolute atomic E-state index is 0.0796. The largest absolute Gasteiger partial charge is 0.469 e. The maximum atomic E-state index is 13.0. The van der Waals surface area contributed by atoms with Crippen LogP contribution in [-0.2, 0) is 9.53 Å². The summed E-state index contributed by atoms with van der Waals surface area (Å²) in [7, 11) is 1.39. The van der Waals surface area contributed by atoms with Crippen LogP contribution in [0.25, 0.3) is 11.1 Å². The Labute approximate surface area is 199 Å². The third-order valence-corrected chi connectivity index (χ3v) is 6.75. The zero-order valence-corrected chi connectivity index (χ0v) is 19.6. The quantitative estimate of drug-likeness (QED) is 0.591. The van der Waals surface area contributed by atoms with E-state index in [1.54, 1.807) is 12.4 Å². The van der Waals surface area contributed by atoms with Gasteiger partial charge in [-0.1, -0.05) is 23.8 Å². The summed E-state index contributed by atoms with van der Waals surface area (Å²) in [6.07, 6.45) is 5.81. The number of carbonyl (C=O) groups is 1. The Morgan fingerprint density at radius 2 is 1.91 bits per heavy atom. The lowest BCUT2D eigenvalue weighted by molar-refractivity contribution is -0.152. The fourth-order valence-corrected chi connectivity index (χ4v) is 4.46. The second kappa shape index (κ2) is 9.37. The van der Waals surface area contributed by atoms with Gasteiger partial charge in [0.25, 0.3) is 0 Å². The molecule has 0 unspecified atom stereocenters. The average Bonchev–Trinajstić information content (AvgIpc) is 2.83. The molecule has 1 aromatic rings. The minimum atomic E-state index is -4.39. The first-order valence-electron chi connectivity index (χ1n) is 10.9. The molecule has 0 bridgehead atoms. The molecule has 2 aliphatic heterocycles. The summed E-state index contributed by atoms with van der Waals surface area (Å²) in [6, 6.07) is 0. The van der Waals surface area contributed by atoms with Gasteiger partial charge in [0.2, 0.25) is 0 Å². The number of esters is 1. The highest BCUT2D eigenvalue weighted by molar-refractivity contribution is 6.36. The summed E-state index contributed by atoms with van der Waals surface area (Å²) in [5, 5.41) is 1.43. The van der Waals surface area contributed by atoms with Crippen molar-refractivity contribution in [2.75, 3.05) is 25.1 Å². The number of nitrogens with zero attached hydrogens (tertiary/aromatic N) is 4. The van der Waals surface area contributed by atoms with Crippen molar-refractivity contribution < 1.29 is 22.7 Å². The van der Waals surface area contributed by atoms with Crippen molar-refractivity contribution in [1.29, 1.82) is 0 Å². The molecule has 6 nitrogen and oxygen atoms in total. The van der Waals surface area contributed by atoms with E-state index in [0.29, 0.717) is 65.0 Å². The summed E-state index contributed by atoms with van der Waals surface area (Å²) < 4.78 is 44.1. The molecule has 1 saturated heterocycles. The number of halogens is 4. The number of rotatable bonds is 2. The number of allylic oxidation sites excluding steroid dienone is 5. The third-order valence-electron chi connectivity index (χ3n) is 6.43. The highest BCUT2D eigenvalue weighted by atomic mass is 35.5. The first kappa shape index (κ1) is 24.2. The standard InChI is InChI=1S/C24H24ClF3N4O2/c1-23(22(33)34-2)8-11-32(12-9-23)19-14-30-20(15-3-5-16(6-4-15)24(26,27)28)21(31-19)17-7-10-29-13-18(17)25/h3,5-6,10,13-14H,4,7-9,11-12H2,1-2H3. The van der Waals surface area contributed by atoms with E-state index in [9.17, 15) is 18.0 Å². The number of anilines is 1. The van der Waals surface area contributed by atoms with Gasteiger partial charge in [-0.2, -0.15) is 13.2 Å². The fourth-order valence-electron chi connectivity index (χ4n) is 4.24. The van der Waals surface area contributed by atoms with Crippen molar-refractivity contribution >= 4 is 40.7 Å². The Kier molecular flexibility index (Phi) is 6.66. The Balaban J connectivity index is 1.75. The van der Waals surface area contributed by atoms with Crippen LogP contribution in [0.15, 0.2) is 46.2 Å². The van der Waals surface area contributed by atoms with E-state index >= 15 is 0 Å². The maximum Gasteiger partial charge on any atom is 0.416 e. The number of hydrogen-bond donors (Lipinski definition) is 0. The van der Waals surface area contributed by atoms with Crippen LogP contribution < -0.4 is 15.6 Å². The molecule has 0 amide bonds. The fraction of sp³-hybridized carbons (Fsp3) is 0.417. The molecule has 34 heavy (non-hydrogen) atoms. The Hall–Kier alpha value is -2.94.